The minimum Gasteiger partial charge on any atom is -0.445 e. The summed E-state index contributed by atoms with van der Waals surface area (Å²) in [5.41, 5.74) is 2.66. The number of allylic oxidation sites excluding steroid dienone is 1. The number of imidazole rings is 1. The summed E-state index contributed by atoms with van der Waals surface area (Å²) in [5.74, 6) is -0.632. The smallest absolute Gasteiger partial charge is 0.408 e. The van der Waals surface area contributed by atoms with Gasteiger partial charge in [0.2, 0.25) is 11.8 Å². The molecular formula is C31H37N5O4. The molecule has 0 saturated heterocycles. The number of rotatable bonds is 13. The van der Waals surface area contributed by atoms with Crippen LogP contribution in [0.2, 0.25) is 0 Å². The van der Waals surface area contributed by atoms with E-state index >= 15 is 0 Å². The first-order chi connectivity index (χ1) is 19.5. The predicted molar refractivity (Wildman–Crippen MR) is 152 cm³/mol. The second-order valence-corrected chi connectivity index (χ2v) is 10.1. The fourth-order valence-electron chi connectivity index (χ4n) is 4.87. The van der Waals surface area contributed by atoms with E-state index in [9.17, 15) is 14.4 Å². The first-order valence-electron chi connectivity index (χ1n) is 13.7. The van der Waals surface area contributed by atoms with E-state index in [-0.39, 0.29) is 43.3 Å². The molecule has 1 aliphatic carbocycles. The molecule has 0 bridgehead atoms. The first kappa shape index (κ1) is 28.6. The van der Waals surface area contributed by atoms with Crippen molar-refractivity contribution in [2.75, 3.05) is 19.6 Å². The van der Waals surface area contributed by atoms with Crippen LogP contribution < -0.4 is 10.6 Å². The van der Waals surface area contributed by atoms with Crippen molar-refractivity contribution in [2.24, 2.45) is 0 Å². The maximum Gasteiger partial charge on any atom is 0.408 e. The molecule has 1 fully saturated rings. The van der Waals surface area contributed by atoms with Crippen LogP contribution in [0, 0.1) is 0 Å². The quantitative estimate of drug-likeness (QED) is 0.283. The number of carbonyl (C=O) groups is 3. The third kappa shape index (κ3) is 7.81. The van der Waals surface area contributed by atoms with E-state index in [1.807, 2.05) is 67.6 Å². The van der Waals surface area contributed by atoms with E-state index < -0.39 is 12.1 Å². The number of ether oxygens (including phenoxy) is 1. The molecule has 3 N–H and O–H groups in total. The highest BCUT2D eigenvalue weighted by atomic mass is 16.5. The molecule has 0 aliphatic heterocycles. The van der Waals surface area contributed by atoms with Crippen LogP contribution >= 0.6 is 0 Å². The van der Waals surface area contributed by atoms with Gasteiger partial charge in [-0.15, -0.1) is 0 Å². The summed E-state index contributed by atoms with van der Waals surface area (Å²) in [4.78, 5) is 47.9. The van der Waals surface area contributed by atoms with Gasteiger partial charge in [-0.3, -0.25) is 9.59 Å². The molecule has 0 unspecified atom stereocenters. The van der Waals surface area contributed by atoms with Crippen LogP contribution in [-0.2, 0) is 32.8 Å². The number of nitrogens with zero attached hydrogens (tertiary/aromatic N) is 2. The predicted octanol–water partition coefficient (Wildman–Crippen LogP) is 3.89. The molecular weight excluding hydrogens is 506 g/mol. The molecule has 0 radical (unpaired) electrons. The van der Waals surface area contributed by atoms with Crippen molar-refractivity contribution in [3.05, 3.63) is 102 Å². The third-order valence-corrected chi connectivity index (χ3v) is 7.31. The van der Waals surface area contributed by atoms with Crippen LogP contribution in [0.3, 0.4) is 0 Å². The number of carbonyl (C=O) groups excluding carboxylic acids is 3. The van der Waals surface area contributed by atoms with E-state index in [4.69, 9.17) is 4.74 Å². The van der Waals surface area contributed by atoms with Gasteiger partial charge < -0.3 is 25.3 Å². The number of alkyl carbamates (subject to hydrolysis) is 1. The van der Waals surface area contributed by atoms with Crippen LogP contribution in [0.1, 0.15) is 43.0 Å². The summed E-state index contributed by atoms with van der Waals surface area (Å²) in [6.45, 7) is 2.54. The van der Waals surface area contributed by atoms with Crippen molar-refractivity contribution in [3.8, 4) is 0 Å². The van der Waals surface area contributed by atoms with Gasteiger partial charge in [-0.1, -0.05) is 79.2 Å². The van der Waals surface area contributed by atoms with Gasteiger partial charge in [-0.25, -0.2) is 9.78 Å². The normalized spacial score (nSPS) is 14.6. The zero-order valence-corrected chi connectivity index (χ0v) is 22.8. The number of aromatic nitrogens is 2. The Kier molecular flexibility index (Phi) is 10.1. The van der Waals surface area contributed by atoms with Gasteiger partial charge in [0, 0.05) is 36.8 Å². The molecule has 40 heavy (non-hydrogen) atoms. The minimum absolute atomic E-state index is 0.0672. The van der Waals surface area contributed by atoms with E-state index in [2.05, 4.69) is 32.7 Å². The number of benzene rings is 2. The molecule has 3 amide bonds. The molecule has 1 saturated carbocycles. The molecule has 210 valence electrons. The Balaban J connectivity index is 1.41. The molecule has 0 spiro atoms. The fraction of sp³-hybridized carbons (Fsp3) is 0.355. The third-order valence-electron chi connectivity index (χ3n) is 7.31. The standard InChI is InChI=1S/C31H37N5O4/c1-2-3-17-36(20-28(37)33-22-31(15-10-16-31)25-13-8-5-9-14-25)29(38)27(18-26-19-32-23-34-26)35-30(39)40-21-24-11-6-4-7-12-24/h2-9,11-14,19,23,27H,10,15-18,20-22H2,1H3,(H,32,34)(H,33,37)(H,35,39)/b3-2+/t27-/m0/s1. The molecule has 9 heteroatoms. The number of hydrogen-bond acceptors (Lipinski definition) is 5. The van der Waals surface area contributed by atoms with Crippen LogP contribution in [-0.4, -0.2) is 58.5 Å². The summed E-state index contributed by atoms with van der Waals surface area (Å²) in [6.07, 6.45) is 9.35. The molecule has 1 aromatic heterocycles. The van der Waals surface area contributed by atoms with Gasteiger partial charge in [-0.05, 0) is 30.9 Å². The number of amides is 3. The molecule has 9 nitrogen and oxygen atoms in total. The molecule has 3 aromatic rings. The largest absolute Gasteiger partial charge is 0.445 e. The zero-order chi connectivity index (χ0) is 28.2. The van der Waals surface area contributed by atoms with Gasteiger partial charge in [0.1, 0.15) is 12.6 Å². The van der Waals surface area contributed by atoms with Gasteiger partial charge in [0.25, 0.3) is 0 Å². The Morgan fingerprint density at radius 3 is 2.45 bits per heavy atom. The molecule has 1 heterocycles. The van der Waals surface area contributed by atoms with Crippen molar-refractivity contribution in [3.63, 3.8) is 0 Å². The molecule has 2 aromatic carbocycles. The number of H-pyrrole nitrogens is 1. The van der Waals surface area contributed by atoms with Crippen LogP contribution in [0.25, 0.3) is 0 Å². The topological polar surface area (TPSA) is 116 Å². The Morgan fingerprint density at radius 2 is 1.82 bits per heavy atom. The van der Waals surface area contributed by atoms with E-state index in [0.717, 1.165) is 24.8 Å². The Morgan fingerprint density at radius 1 is 1.10 bits per heavy atom. The number of nitrogens with one attached hydrogen (secondary N) is 3. The fourth-order valence-corrected chi connectivity index (χ4v) is 4.87. The average molecular weight is 544 g/mol. The summed E-state index contributed by atoms with van der Waals surface area (Å²) >= 11 is 0. The summed E-state index contributed by atoms with van der Waals surface area (Å²) in [7, 11) is 0. The average Bonchev–Trinajstić information content (AvgIpc) is 3.47. The van der Waals surface area contributed by atoms with Crippen LogP contribution in [0.5, 0.6) is 0 Å². The van der Waals surface area contributed by atoms with Crippen LogP contribution in [0.4, 0.5) is 4.79 Å². The van der Waals surface area contributed by atoms with E-state index in [1.54, 1.807) is 6.20 Å². The lowest BCUT2D eigenvalue weighted by Crippen LogP contribution is -2.53. The first-order valence-corrected chi connectivity index (χ1v) is 13.7. The minimum atomic E-state index is -0.955. The second-order valence-electron chi connectivity index (χ2n) is 10.1. The maximum absolute atomic E-state index is 13.7. The monoisotopic (exact) mass is 543 g/mol. The highest BCUT2D eigenvalue weighted by molar-refractivity contribution is 5.90. The van der Waals surface area contributed by atoms with Crippen molar-refractivity contribution in [2.45, 2.75) is 50.7 Å². The Labute approximate surface area is 235 Å². The molecule has 4 rings (SSSR count). The number of hydrogen-bond donors (Lipinski definition) is 3. The summed E-state index contributed by atoms with van der Waals surface area (Å²) in [5, 5.41) is 5.76. The zero-order valence-electron chi connectivity index (χ0n) is 22.8. The molecule has 1 aliphatic rings. The lowest BCUT2D eigenvalue weighted by molar-refractivity contribution is -0.137. The highest BCUT2D eigenvalue weighted by Crippen LogP contribution is 2.43. The second kappa shape index (κ2) is 14.1. The Hall–Kier alpha value is -4.40. The van der Waals surface area contributed by atoms with E-state index in [1.165, 1.54) is 16.8 Å². The van der Waals surface area contributed by atoms with Crippen molar-refractivity contribution in [1.82, 2.24) is 25.5 Å². The lowest BCUT2D eigenvalue weighted by Gasteiger charge is -2.42. The molecule has 1 atom stereocenters. The van der Waals surface area contributed by atoms with Gasteiger partial charge in [0.05, 0.1) is 12.9 Å². The van der Waals surface area contributed by atoms with E-state index in [0.29, 0.717) is 12.2 Å². The maximum atomic E-state index is 13.7. The van der Waals surface area contributed by atoms with Crippen LogP contribution in [0.15, 0.2) is 85.3 Å². The van der Waals surface area contributed by atoms with Crippen molar-refractivity contribution < 1.29 is 19.1 Å². The van der Waals surface area contributed by atoms with Crippen molar-refractivity contribution >= 4 is 17.9 Å². The van der Waals surface area contributed by atoms with Gasteiger partial charge in [-0.2, -0.15) is 0 Å². The lowest BCUT2D eigenvalue weighted by atomic mass is 9.64. The summed E-state index contributed by atoms with van der Waals surface area (Å²) in [6, 6.07) is 18.6. The van der Waals surface area contributed by atoms with Gasteiger partial charge in [0.15, 0.2) is 0 Å². The van der Waals surface area contributed by atoms with Gasteiger partial charge >= 0.3 is 6.09 Å². The number of aromatic amines is 1. The highest BCUT2D eigenvalue weighted by Gasteiger charge is 2.39. The van der Waals surface area contributed by atoms with Crippen molar-refractivity contribution in [1.29, 1.82) is 0 Å². The SMILES string of the molecule is C/C=C/CN(CC(=O)NCC1(c2ccccc2)CCC1)C(=O)[C@H](Cc1cnc[nH]1)NC(=O)OCc1ccccc1. The Bertz CT molecular complexity index is 1260. The summed E-state index contributed by atoms with van der Waals surface area (Å²) < 4.78 is 5.37.